The zero-order valence-corrected chi connectivity index (χ0v) is 12.2. The van der Waals surface area contributed by atoms with E-state index >= 15 is 0 Å². The summed E-state index contributed by atoms with van der Waals surface area (Å²) in [4.78, 5) is 14.4. The highest BCUT2D eigenvalue weighted by molar-refractivity contribution is 9.10. The lowest BCUT2D eigenvalue weighted by Gasteiger charge is -2.37. The van der Waals surface area contributed by atoms with Crippen molar-refractivity contribution in [1.29, 1.82) is 0 Å². The van der Waals surface area contributed by atoms with Gasteiger partial charge in [0.15, 0.2) is 11.5 Å². The number of aliphatic imine (C=N–C) groups is 1. The first-order chi connectivity index (χ1) is 9.09. The highest BCUT2D eigenvalue weighted by Crippen LogP contribution is 2.50. The van der Waals surface area contributed by atoms with E-state index in [1.807, 2.05) is 0 Å². The maximum Gasteiger partial charge on any atom is 0.235 e. The highest BCUT2D eigenvalue weighted by atomic mass is 79.9. The molecule has 0 N–H and O–H groups in total. The van der Waals surface area contributed by atoms with Gasteiger partial charge in [-0.2, -0.15) is 4.99 Å². The number of methoxy groups -OCH3 is 2. The Hall–Kier alpha value is -1.39. The first kappa shape index (κ1) is 14.0. The first-order valence-electron chi connectivity index (χ1n) is 5.79. The second-order valence-electron chi connectivity index (χ2n) is 4.38. The minimum Gasteiger partial charge on any atom is -0.493 e. The lowest BCUT2D eigenvalue weighted by molar-refractivity contribution is 0.244. The molecule has 1 aliphatic carbocycles. The minimum absolute atomic E-state index is 0.178. The summed E-state index contributed by atoms with van der Waals surface area (Å²) in [5, 5.41) is 0. The van der Waals surface area contributed by atoms with Crippen molar-refractivity contribution in [3.05, 3.63) is 21.9 Å². The van der Waals surface area contributed by atoms with Gasteiger partial charge in [-0.3, -0.25) is 0 Å². The van der Waals surface area contributed by atoms with Crippen molar-refractivity contribution in [3.8, 4) is 11.5 Å². The molecule has 0 aliphatic heterocycles. The van der Waals surface area contributed by atoms with E-state index in [2.05, 4.69) is 20.9 Å². The van der Waals surface area contributed by atoms with E-state index in [4.69, 9.17) is 9.47 Å². The fraction of sp³-hybridized carbons (Fsp3) is 0.462. The van der Waals surface area contributed by atoms with Crippen molar-refractivity contribution in [2.24, 2.45) is 4.99 Å². The minimum atomic E-state index is -0.812. The second kappa shape index (κ2) is 5.31. The van der Waals surface area contributed by atoms with Crippen LogP contribution in [0.5, 0.6) is 11.5 Å². The van der Waals surface area contributed by atoms with Crippen LogP contribution in [0, 0.1) is 5.82 Å². The molecule has 0 aromatic heterocycles. The summed E-state index contributed by atoms with van der Waals surface area (Å²) in [6, 6.07) is 1.54. The summed E-state index contributed by atoms with van der Waals surface area (Å²) in [7, 11) is 2.91. The molecule has 1 aliphatic rings. The van der Waals surface area contributed by atoms with Crippen molar-refractivity contribution >= 4 is 22.0 Å². The van der Waals surface area contributed by atoms with Crippen molar-refractivity contribution in [3.63, 3.8) is 0 Å². The monoisotopic (exact) mass is 329 g/mol. The molecule has 102 valence electrons. The van der Waals surface area contributed by atoms with E-state index in [9.17, 15) is 9.18 Å². The molecule has 6 heteroatoms. The Balaban J connectivity index is 2.64. The van der Waals surface area contributed by atoms with Crippen LogP contribution in [0.25, 0.3) is 0 Å². The third-order valence-electron chi connectivity index (χ3n) is 3.49. The molecule has 0 radical (unpaired) electrons. The van der Waals surface area contributed by atoms with Gasteiger partial charge in [0.2, 0.25) is 6.08 Å². The number of carbonyl (C=O) groups excluding carboxylic acids is 1. The van der Waals surface area contributed by atoms with E-state index in [0.29, 0.717) is 24.2 Å². The number of ether oxygens (including phenoxy) is 2. The molecule has 0 spiro atoms. The fourth-order valence-corrected chi connectivity index (χ4v) is 2.88. The van der Waals surface area contributed by atoms with Crippen LogP contribution in [-0.2, 0) is 10.3 Å². The van der Waals surface area contributed by atoms with Crippen molar-refractivity contribution in [1.82, 2.24) is 0 Å². The number of halogens is 2. The van der Waals surface area contributed by atoms with E-state index in [0.717, 1.165) is 6.42 Å². The average Bonchev–Trinajstić information content (AvgIpc) is 2.37. The molecular weight excluding hydrogens is 317 g/mol. The molecule has 1 saturated carbocycles. The molecule has 0 atom stereocenters. The molecule has 0 saturated heterocycles. The van der Waals surface area contributed by atoms with Gasteiger partial charge in [-0.05, 0) is 41.3 Å². The zero-order chi connectivity index (χ0) is 14.0. The van der Waals surface area contributed by atoms with Crippen molar-refractivity contribution in [2.75, 3.05) is 14.2 Å². The average molecular weight is 330 g/mol. The standard InChI is InChI=1S/C13H13BrFNO3/c1-18-9-6-8(11(15)10(14)12(9)19-2)13(16-7-17)4-3-5-13/h6H,3-5H2,1-2H3. The van der Waals surface area contributed by atoms with Gasteiger partial charge in [-0.1, -0.05) is 0 Å². The molecule has 0 unspecified atom stereocenters. The summed E-state index contributed by atoms with van der Waals surface area (Å²) >= 11 is 3.16. The second-order valence-corrected chi connectivity index (χ2v) is 5.17. The molecular formula is C13H13BrFNO3. The third kappa shape index (κ3) is 2.15. The maximum absolute atomic E-state index is 14.4. The Bertz CT molecular complexity index is 551. The van der Waals surface area contributed by atoms with Crippen LogP contribution in [0.2, 0.25) is 0 Å². The summed E-state index contributed by atoms with van der Waals surface area (Å²) in [5.74, 6) is 0.211. The molecule has 4 nitrogen and oxygen atoms in total. The maximum atomic E-state index is 14.4. The lowest BCUT2D eigenvalue weighted by Crippen LogP contribution is -2.33. The molecule has 1 aromatic carbocycles. The first-order valence-corrected chi connectivity index (χ1v) is 6.58. The Morgan fingerprint density at radius 2 is 2.11 bits per heavy atom. The Morgan fingerprint density at radius 3 is 2.53 bits per heavy atom. The van der Waals surface area contributed by atoms with Crippen LogP contribution in [0.15, 0.2) is 15.5 Å². The number of nitrogens with zero attached hydrogens (tertiary/aromatic N) is 1. The number of hydrogen-bond donors (Lipinski definition) is 0. The fourth-order valence-electron chi connectivity index (χ4n) is 2.31. The molecule has 19 heavy (non-hydrogen) atoms. The molecule has 1 fully saturated rings. The van der Waals surface area contributed by atoms with Gasteiger partial charge >= 0.3 is 0 Å². The zero-order valence-electron chi connectivity index (χ0n) is 10.6. The number of hydrogen-bond acceptors (Lipinski definition) is 4. The normalized spacial score (nSPS) is 16.2. The summed E-state index contributed by atoms with van der Waals surface area (Å²) in [6.45, 7) is 0. The Labute approximate surface area is 118 Å². The van der Waals surface area contributed by atoms with Gasteiger partial charge in [-0.25, -0.2) is 9.18 Å². The van der Waals surface area contributed by atoms with Crippen molar-refractivity contribution in [2.45, 2.75) is 24.8 Å². The summed E-state index contributed by atoms with van der Waals surface area (Å²) < 4.78 is 24.9. The van der Waals surface area contributed by atoms with Gasteiger partial charge < -0.3 is 9.47 Å². The Kier molecular flexibility index (Phi) is 3.92. The smallest absolute Gasteiger partial charge is 0.235 e. The van der Waals surface area contributed by atoms with Crippen LogP contribution < -0.4 is 9.47 Å². The summed E-state index contributed by atoms with van der Waals surface area (Å²) in [6.07, 6.45) is 3.69. The molecule has 0 amide bonds. The highest BCUT2D eigenvalue weighted by Gasteiger charge is 2.42. The van der Waals surface area contributed by atoms with Gasteiger partial charge in [0.05, 0.1) is 18.7 Å². The van der Waals surface area contributed by atoms with Gasteiger partial charge in [0.1, 0.15) is 11.4 Å². The topological polar surface area (TPSA) is 47.9 Å². The summed E-state index contributed by atoms with van der Waals surface area (Å²) in [5.41, 5.74) is -0.472. The van der Waals surface area contributed by atoms with Crippen LogP contribution in [0.4, 0.5) is 4.39 Å². The number of isocyanates is 1. The van der Waals surface area contributed by atoms with Crippen LogP contribution in [-0.4, -0.2) is 20.3 Å². The molecule has 0 bridgehead atoms. The molecule has 1 aromatic rings. The third-order valence-corrected chi connectivity index (χ3v) is 4.20. The number of benzene rings is 1. The number of rotatable bonds is 4. The largest absolute Gasteiger partial charge is 0.493 e. The lowest BCUT2D eigenvalue weighted by atomic mass is 9.72. The van der Waals surface area contributed by atoms with E-state index in [1.54, 1.807) is 12.1 Å². The van der Waals surface area contributed by atoms with Gasteiger partial charge in [-0.15, -0.1) is 0 Å². The van der Waals surface area contributed by atoms with Crippen LogP contribution >= 0.6 is 15.9 Å². The van der Waals surface area contributed by atoms with Crippen LogP contribution in [0.1, 0.15) is 24.8 Å². The predicted octanol–water partition coefficient (Wildman–Crippen LogP) is 3.32. The predicted molar refractivity (Wildman–Crippen MR) is 70.9 cm³/mol. The van der Waals surface area contributed by atoms with Gasteiger partial charge in [0, 0.05) is 5.56 Å². The Morgan fingerprint density at radius 1 is 1.42 bits per heavy atom. The van der Waals surface area contributed by atoms with E-state index < -0.39 is 11.4 Å². The van der Waals surface area contributed by atoms with Crippen molar-refractivity contribution < 1.29 is 18.7 Å². The van der Waals surface area contributed by atoms with E-state index in [1.165, 1.54) is 14.2 Å². The van der Waals surface area contributed by atoms with Crippen LogP contribution in [0.3, 0.4) is 0 Å². The molecule has 2 rings (SSSR count). The molecule has 0 heterocycles. The quantitative estimate of drug-likeness (QED) is 0.628. The van der Waals surface area contributed by atoms with E-state index in [-0.39, 0.29) is 10.2 Å². The SMILES string of the molecule is COc1cc(C2(N=C=O)CCC2)c(F)c(Br)c1OC. The van der Waals surface area contributed by atoms with Gasteiger partial charge in [0.25, 0.3) is 0 Å².